The van der Waals surface area contributed by atoms with E-state index in [1.54, 1.807) is 14.7 Å². The van der Waals surface area contributed by atoms with E-state index in [0.29, 0.717) is 50.6 Å². The first-order valence-electron chi connectivity index (χ1n) is 9.20. The van der Waals surface area contributed by atoms with Crippen LogP contribution in [0.4, 0.5) is 0 Å². The van der Waals surface area contributed by atoms with Gasteiger partial charge in [0, 0.05) is 43.7 Å². The van der Waals surface area contributed by atoms with Crippen LogP contribution < -0.4 is 0 Å². The summed E-state index contributed by atoms with van der Waals surface area (Å²) in [5, 5.41) is 0.668. The van der Waals surface area contributed by atoms with Gasteiger partial charge in [-0.1, -0.05) is 30.3 Å². The van der Waals surface area contributed by atoms with Crippen molar-refractivity contribution in [3.8, 4) is 0 Å². The van der Waals surface area contributed by atoms with Crippen molar-refractivity contribution in [1.29, 1.82) is 0 Å². The number of piperazine rings is 1. The van der Waals surface area contributed by atoms with Crippen molar-refractivity contribution in [2.24, 2.45) is 5.92 Å². The first kappa shape index (κ1) is 19.4. The molecule has 0 aliphatic carbocycles. The molecule has 0 aromatic heterocycles. The number of rotatable bonds is 4. The number of carbonyl (C=O) groups excluding carboxylic acids is 3. The van der Waals surface area contributed by atoms with E-state index in [0.717, 1.165) is 5.56 Å². The van der Waals surface area contributed by atoms with E-state index in [1.807, 2.05) is 24.3 Å². The first-order chi connectivity index (χ1) is 13.0. The van der Waals surface area contributed by atoms with E-state index < -0.39 is 0 Å². The Labute approximate surface area is 164 Å². The van der Waals surface area contributed by atoms with Gasteiger partial charge in [-0.3, -0.25) is 14.4 Å². The summed E-state index contributed by atoms with van der Waals surface area (Å²) in [6.07, 6.45) is 2.58. The predicted octanol–water partition coefficient (Wildman–Crippen LogP) is 1.94. The number of nitrogens with zero attached hydrogens (tertiary/aromatic N) is 3. The molecule has 0 saturated carbocycles. The Hall–Kier alpha value is -2.34. The van der Waals surface area contributed by atoms with Crippen molar-refractivity contribution < 1.29 is 14.4 Å². The zero-order valence-corrected chi connectivity index (χ0v) is 16.0. The standard InChI is InChI=1S/C20H24ClN3O3/c1-2-18(25)22-9-7-16(8-10-22)20(27)24-12-11-23(19(26)14-24)13-15-3-5-17(21)6-4-15/h2-6,16H,1,7-14H2. The summed E-state index contributed by atoms with van der Waals surface area (Å²) in [6, 6.07) is 7.44. The molecule has 0 N–H and O–H groups in total. The minimum Gasteiger partial charge on any atom is -0.339 e. The van der Waals surface area contributed by atoms with Crippen molar-refractivity contribution in [3.63, 3.8) is 0 Å². The van der Waals surface area contributed by atoms with E-state index in [-0.39, 0.29) is 30.2 Å². The number of carbonyl (C=O) groups is 3. The molecule has 144 valence electrons. The summed E-state index contributed by atoms with van der Waals surface area (Å²) in [5.74, 6) is -0.217. The highest BCUT2D eigenvalue weighted by Crippen LogP contribution is 2.21. The molecule has 3 amide bonds. The van der Waals surface area contributed by atoms with Gasteiger partial charge in [-0.05, 0) is 36.6 Å². The van der Waals surface area contributed by atoms with E-state index in [4.69, 9.17) is 11.6 Å². The average molecular weight is 390 g/mol. The Balaban J connectivity index is 1.51. The van der Waals surface area contributed by atoms with Gasteiger partial charge in [-0.15, -0.1) is 0 Å². The van der Waals surface area contributed by atoms with Crippen molar-refractivity contribution in [2.45, 2.75) is 19.4 Å². The van der Waals surface area contributed by atoms with Gasteiger partial charge >= 0.3 is 0 Å². The fourth-order valence-corrected chi connectivity index (χ4v) is 3.73. The number of hydrogen-bond donors (Lipinski definition) is 0. The Bertz CT molecular complexity index is 726. The van der Waals surface area contributed by atoms with Crippen molar-refractivity contribution in [2.75, 3.05) is 32.7 Å². The Morgan fingerprint density at radius 3 is 2.33 bits per heavy atom. The molecule has 3 rings (SSSR count). The third-order valence-corrected chi connectivity index (χ3v) is 5.50. The van der Waals surface area contributed by atoms with E-state index in [1.165, 1.54) is 6.08 Å². The second kappa shape index (κ2) is 8.57. The number of piperidine rings is 1. The Morgan fingerprint density at radius 1 is 1.07 bits per heavy atom. The lowest BCUT2D eigenvalue weighted by molar-refractivity contribution is -0.149. The summed E-state index contributed by atoms with van der Waals surface area (Å²) in [7, 11) is 0. The zero-order valence-electron chi connectivity index (χ0n) is 15.3. The van der Waals surface area contributed by atoms with Gasteiger partial charge in [0.05, 0.1) is 6.54 Å². The van der Waals surface area contributed by atoms with Gasteiger partial charge in [-0.2, -0.15) is 0 Å². The molecular formula is C20H24ClN3O3. The predicted molar refractivity (Wildman–Crippen MR) is 103 cm³/mol. The minimum absolute atomic E-state index is 0.0280. The van der Waals surface area contributed by atoms with Gasteiger partial charge in [0.2, 0.25) is 17.7 Å². The van der Waals surface area contributed by atoms with Gasteiger partial charge in [0.15, 0.2) is 0 Å². The maximum absolute atomic E-state index is 12.8. The van der Waals surface area contributed by atoms with Crippen LogP contribution in [0, 0.1) is 5.92 Å². The van der Waals surface area contributed by atoms with Crippen molar-refractivity contribution in [3.05, 3.63) is 47.5 Å². The third kappa shape index (κ3) is 4.69. The lowest BCUT2D eigenvalue weighted by Crippen LogP contribution is -2.54. The number of amides is 3. The summed E-state index contributed by atoms with van der Waals surface area (Å²) < 4.78 is 0. The SMILES string of the molecule is C=CC(=O)N1CCC(C(=O)N2CCN(Cc3ccc(Cl)cc3)C(=O)C2)CC1. The molecule has 6 nitrogen and oxygen atoms in total. The van der Waals surface area contributed by atoms with E-state index in [2.05, 4.69) is 6.58 Å². The lowest BCUT2D eigenvalue weighted by atomic mass is 9.95. The second-order valence-electron chi connectivity index (χ2n) is 7.01. The molecule has 1 aromatic carbocycles. The molecule has 2 aliphatic rings. The fraction of sp³-hybridized carbons (Fsp3) is 0.450. The van der Waals surface area contributed by atoms with Crippen LogP contribution in [-0.4, -0.2) is 65.1 Å². The van der Waals surface area contributed by atoms with Gasteiger partial charge in [0.1, 0.15) is 0 Å². The zero-order chi connectivity index (χ0) is 19.4. The van der Waals surface area contributed by atoms with Crippen LogP contribution in [0.1, 0.15) is 18.4 Å². The summed E-state index contributed by atoms with van der Waals surface area (Å²) in [4.78, 5) is 42.1. The quantitative estimate of drug-likeness (QED) is 0.739. The van der Waals surface area contributed by atoms with Crippen LogP contribution in [0.3, 0.4) is 0 Å². The molecule has 27 heavy (non-hydrogen) atoms. The smallest absolute Gasteiger partial charge is 0.245 e. The van der Waals surface area contributed by atoms with Gasteiger partial charge < -0.3 is 14.7 Å². The van der Waals surface area contributed by atoms with Crippen LogP contribution in [0.5, 0.6) is 0 Å². The number of likely N-dealkylation sites (tertiary alicyclic amines) is 1. The van der Waals surface area contributed by atoms with Gasteiger partial charge in [0.25, 0.3) is 0 Å². The van der Waals surface area contributed by atoms with E-state index >= 15 is 0 Å². The first-order valence-corrected chi connectivity index (χ1v) is 9.58. The summed E-state index contributed by atoms with van der Waals surface area (Å²) in [6.45, 7) is 6.35. The van der Waals surface area contributed by atoms with Crippen molar-refractivity contribution >= 4 is 29.3 Å². The maximum atomic E-state index is 12.8. The molecule has 0 bridgehead atoms. The molecule has 0 atom stereocenters. The minimum atomic E-state index is -0.116. The highest BCUT2D eigenvalue weighted by Gasteiger charge is 2.33. The van der Waals surface area contributed by atoms with Gasteiger partial charge in [-0.25, -0.2) is 0 Å². The lowest BCUT2D eigenvalue weighted by Gasteiger charge is -2.38. The van der Waals surface area contributed by atoms with E-state index in [9.17, 15) is 14.4 Å². The second-order valence-corrected chi connectivity index (χ2v) is 7.44. The van der Waals surface area contributed by atoms with Crippen LogP contribution in [-0.2, 0) is 20.9 Å². The van der Waals surface area contributed by atoms with Crippen molar-refractivity contribution in [1.82, 2.24) is 14.7 Å². The highest BCUT2D eigenvalue weighted by atomic mass is 35.5. The number of hydrogen-bond acceptors (Lipinski definition) is 3. The molecule has 1 aromatic rings. The largest absolute Gasteiger partial charge is 0.339 e. The van der Waals surface area contributed by atoms with Crippen LogP contribution in [0.2, 0.25) is 5.02 Å². The average Bonchev–Trinajstić information content (AvgIpc) is 2.70. The number of benzene rings is 1. The Morgan fingerprint density at radius 2 is 1.74 bits per heavy atom. The fourth-order valence-electron chi connectivity index (χ4n) is 3.61. The molecule has 2 aliphatic heterocycles. The molecular weight excluding hydrogens is 366 g/mol. The molecule has 0 radical (unpaired) electrons. The normalized spacial score (nSPS) is 18.6. The summed E-state index contributed by atoms with van der Waals surface area (Å²) in [5.41, 5.74) is 1.02. The number of halogens is 1. The highest BCUT2D eigenvalue weighted by molar-refractivity contribution is 6.30. The molecule has 0 spiro atoms. The van der Waals surface area contributed by atoms with Crippen LogP contribution in [0.25, 0.3) is 0 Å². The molecule has 2 saturated heterocycles. The molecule has 0 unspecified atom stereocenters. The molecule has 2 heterocycles. The maximum Gasteiger partial charge on any atom is 0.245 e. The van der Waals surface area contributed by atoms with Crippen LogP contribution in [0.15, 0.2) is 36.9 Å². The molecule has 2 fully saturated rings. The van der Waals surface area contributed by atoms with Crippen LogP contribution >= 0.6 is 11.6 Å². The Kier molecular flexibility index (Phi) is 6.16. The molecule has 7 heteroatoms. The summed E-state index contributed by atoms with van der Waals surface area (Å²) >= 11 is 5.89. The monoisotopic (exact) mass is 389 g/mol. The third-order valence-electron chi connectivity index (χ3n) is 5.25. The topological polar surface area (TPSA) is 60.9 Å².